The average molecular weight is 395 g/mol. The first-order valence-electron chi connectivity index (χ1n) is 11.3. The van der Waals surface area contributed by atoms with Gasteiger partial charge < -0.3 is 0 Å². The van der Waals surface area contributed by atoms with Gasteiger partial charge in [0.25, 0.3) is 0 Å². The molecule has 0 aromatic rings. The standard InChI is InChI=1S/C22H34O2S2/c23-26(24,14-22-10-18-4-19(11-22)6-20(5-18)12-22)25-13-21-7-15-1-16(8-21)3-17(2-15)9-21/h15-20H,1-14H2. The van der Waals surface area contributed by atoms with Crippen LogP contribution in [0.25, 0.3) is 0 Å². The zero-order chi connectivity index (χ0) is 17.6. The monoisotopic (exact) mass is 394 g/mol. The average Bonchev–Trinajstić information content (AvgIpc) is 2.49. The van der Waals surface area contributed by atoms with E-state index in [2.05, 4.69) is 0 Å². The summed E-state index contributed by atoms with van der Waals surface area (Å²) in [6.45, 7) is 0. The first-order valence-corrected chi connectivity index (χ1v) is 14.4. The Balaban J connectivity index is 1.15. The second-order valence-electron chi connectivity index (χ2n) is 11.8. The summed E-state index contributed by atoms with van der Waals surface area (Å²) in [4.78, 5) is 0. The predicted molar refractivity (Wildman–Crippen MR) is 107 cm³/mol. The lowest BCUT2D eigenvalue weighted by atomic mass is 9.50. The molecule has 0 heterocycles. The Morgan fingerprint density at radius 1 is 0.615 bits per heavy atom. The summed E-state index contributed by atoms with van der Waals surface area (Å²) in [5.74, 6) is 6.73. The fourth-order valence-electron chi connectivity index (χ4n) is 9.57. The minimum absolute atomic E-state index is 0.169. The van der Waals surface area contributed by atoms with E-state index in [9.17, 15) is 8.42 Å². The number of hydrogen-bond donors (Lipinski definition) is 0. The highest BCUT2D eigenvalue weighted by molar-refractivity contribution is 8.72. The first kappa shape index (κ1) is 17.2. The Labute approximate surface area is 163 Å². The van der Waals surface area contributed by atoms with E-state index in [0.29, 0.717) is 11.2 Å². The van der Waals surface area contributed by atoms with Crippen LogP contribution in [0.1, 0.15) is 77.0 Å². The highest BCUT2D eigenvalue weighted by atomic mass is 33.1. The van der Waals surface area contributed by atoms with Crippen molar-refractivity contribution < 1.29 is 8.42 Å². The highest BCUT2D eigenvalue weighted by Crippen LogP contribution is 2.63. The molecule has 8 bridgehead atoms. The summed E-state index contributed by atoms with van der Waals surface area (Å²) >= 11 is 0. The van der Waals surface area contributed by atoms with Crippen molar-refractivity contribution >= 4 is 19.7 Å². The quantitative estimate of drug-likeness (QED) is 0.579. The molecule has 4 heteroatoms. The zero-order valence-corrected chi connectivity index (χ0v) is 17.6. The van der Waals surface area contributed by atoms with Gasteiger partial charge >= 0.3 is 0 Å². The van der Waals surface area contributed by atoms with Crippen LogP contribution in [0.3, 0.4) is 0 Å². The molecule has 0 aromatic heterocycles. The minimum atomic E-state index is -2.97. The van der Waals surface area contributed by atoms with Crippen molar-refractivity contribution in [2.24, 2.45) is 46.3 Å². The van der Waals surface area contributed by atoms with E-state index in [1.165, 1.54) is 87.8 Å². The van der Waals surface area contributed by atoms with Gasteiger partial charge in [0, 0.05) is 5.75 Å². The largest absolute Gasteiger partial charge is 0.217 e. The molecule has 0 saturated heterocycles. The third-order valence-electron chi connectivity index (χ3n) is 9.36. The van der Waals surface area contributed by atoms with Gasteiger partial charge in [0.05, 0.1) is 5.75 Å². The Kier molecular flexibility index (Phi) is 3.75. The molecule has 0 unspecified atom stereocenters. The molecule has 8 aliphatic carbocycles. The molecule has 0 N–H and O–H groups in total. The van der Waals surface area contributed by atoms with Crippen LogP contribution in [0, 0.1) is 46.3 Å². The van der Waals surface area contributed by atoms with Gasteiger partial charge in [-0.05, 0) is 134 Å². The fraction of sp³-hybridized carbons (Fsp3) is 1.00. The molecule has 0 atom stereocenters. The van der Waals surface area contributed by atoms with Crippen molar-refractivity contribution in [1.82, 2.24) is 0 Å². The molecule has 146 valence electrons. The second-order valence-corrected chi connectivity index (χ2v) is 16.0. The van der Waals surface area contributed by atoms with E-state index >= 15 is 0 Å². The maximum atomic E-state index is 13.2. The van der Waals surface area contributed by atoms with Gasteiger partial charge in [-0.1, -0.05) is 0 Å². The molecule has 8 fully saturated rings. The lowest BCUT2D eigenvalue weighted by molar-refractivity contribution is -0.0392. The molecule has 0 radical (unpaired) electrons. The SMILES string of the molecule is O=S(=O)(CC12CC3CC(CC(C3)C1)C2)SCC12CC3CC(CC(C3)C1)C2. The van der Waals surface area contributed by atoms with Crippen LogP contribution in [0.4, 0.5) is 0 Å². The smallest absolute Gasteiger partial charge is 0.202 e. The summed E-state index contributed by atoms with van der Waals surface area (Å²) in [6, 6.07) is 0. The molecule has 8 saturated carbocycles. The molecule has 0 aromatic carbocycles. The summed E-state index contributed by atoms with van der Waals surface area (Å²) < 4.78 is 26.3. The Morgan fingerprint density at radius 2 is 0.962 bits per heavy atom. The molecular formula is C22H34O2S2. The summed E-state index contributed by atoms with van der Waals surface area (Å²) in [7, 11) is -1.58. The van der Waals surface area contributed by atoms with Gasteiger partial charge in [0.15, 0.2) is 0 Å². The van der Waals surface area contributed by atoms with E-state index < -0.39 is 8.87 Å². The summed E-state index contributed by atoms with van der Waals surface area (Å²) in [5.41, 5.74) is 0.552. The Hall–Kier alpha value is 0.300. The third-order valence-corrected chi connectivity index (χ3v) is 13.2. The van der Waals surface area contributed by atoms with Crippen molar-refractivity contribution in [3.8, 4) is 0 Å². The first-order chi connectivity index (χ1) is 12.4. The van der Waals surface area contributed by atoms with Gasteiger partial charge in [-0.2, -0.15) is 0 Å². The Morgan fingerprint density at radius 3 is 1.35 bits per heavy atom. The minimum Gasteiger partial charge on any atom is -0.217 e. The Bertz CT molecular complexity index is 624. The van der Waals surface area contributed by atoms with Gasteiger partial charge in [-0.15, -0.1) is 0 Å². The van der Waals surface area contributed by atoms with E-state index in [1.807, 2.05) is 0 Å². The van der Waals surface area contributed by atoms with Crippen LogP contribution < -0.4 is 0 Å². The van der Waals surface area contributed by atoms with Crippen LogP contribution >= 0.6 is 10.8 Å². The predicted octanol–water partition coefficient (Wildman–Crippen LogP) is 5.48. The topological polar surface area (TPSA) is 34.1 Å². The van der Waals surface area contributed by atoms with E-state index in [4.69, 9.17) is 0 Å². The molecular weight excluding hydrogens is 360 g/mol. The maximum Gasteiger partial charge on any atom is 0.202 e. The molecule has 26 heavy (non-hydrogen) atoms. The molecule has 8 rings (SSSR count). The molecule has 0 amide bonds. The van der Waals surface area contributed by atoms with E-state index in [0.717, 1.165) is 41.3 Å². The maximum absolute atomic E-state index is 13.2. The molecule has 2 nitrogen and oxygen atoms in total. The number of hydrogen-bond acceptors (Lipinski definition) is 3. The van der Waals surface area contributed by atoms with Crippen molar-refractivity contribution in [1.29, 1.82) is 0 Å². The van der Waals surface area contributed by atoms with Crippen molar-refractivity contribution in [3.05, 3.63) is 0 Å². The normalized spacial score (nSPS) is 54.2. The lowest BCUT2D eigenvalue weighted by Gasteiger charge is -2.57. The van der Waals surface area contributed by atoms with Crippen LogP contribution in [-0.2, 0) is 8.87 Å². The molecule has 0 spiro atoms. The van der Waals surface area contributed by atoms with Gasteiger partial charge in [-0.25, -0.2) is 8.42 Å². The number of rotatable bonds is 5. The molecule has 0 aliphatic heterocycles. The van der Waals surface area contributed by atoms with Gasteiger partial charge in [0.1, 0.15) is 0 Å². The van der Waals surface area contributed by atoms with Crippen molar-refractivity contribution in [2.45, 2.75) is 77.0 Å². The fourth-order valence-corrected chi connectivity index (χ4v) is 13.8. The second kappa shape index (κ2) is 5.68. The van der Waals surface area contributed by atoms with Crippen LogP contribution in [0.15, 0.2) is 0 Å². The van der Waals surface area contributed by atoms with E-state index in [1.54, 1.807) is 0 Å². The zero-order valence-electron chi connectivity index (χ0n) is 16.0. The van der Waals surface area contributed by atoms with Crippen LogP contribution in [0.2, 0.25) is 0 Å². The van der Waals surface area contributed by atoms with Gasteiger partial charge in [0.2, 0.25) is 8.87 Å². The highest BCUT2D eigenvalue weighted by Gasteiger charge is 2.54. The summed E-state index contributed by atoms with van der Waals surface area (Å²) in [5, 5.41) is 0. The van der Waals surface area contributed by atoms with Gasteiger partial charge in [-0.3, -0.25) is 0 Å². The van der Waals surface area contributed by atoms with Crippen molar-refractivity contribution in [3.63, 3.8) is 0 Å². The van der Waals surface area contributed by atoms with Crippen LogP contribution in [-0.4, -0.2) is 19.9 Å². The third kappa shape index (κ3) is 2.91. The summed E-state index contributed by atoms with van der Waals surface area (Å²) in [6.07, 6.45) is 16.2. The van der Waals surface area contributed by atoms with Crippen molar-refractivity contribution in [2.75, 3.05) is 11.5 Å². The molecule has 8 aliphatic rings. The van der Waals surface area contributed by atoms with Crippen LogP contribution in [0.5, 0.6) is 0 Å². The van der Waals surface area contributed by atoms with E-state index in [-0.39, 0.29) is 5.41 Å². The lowest BCUT2D eigenvalue weighted by Crippen LogP contribution is -2.49.